The second kappa shape index (κ2) is 28.0. The van der Waals surface area contributed by atoms with Crippen molar-refractivity contribution in [1.82, 2.24) is 0 Å². The molecular weight excluding hydrogens is 372 g/mol. The summed E-state index contributed by atoms with van der Waals surface area (Å²) in [5, 5.41) is 0. The molecule has 1 radical (unpaired) electrons. The van der Waals surface area contributed by atoms with Gasteiger partial charge in [-0.1, -0.05) is 194 Å². The second-order valence-electron chi connectivity index (χ2n) is 10.5. The minimum absolute atomic E-state index is 0.972. The third-order valence-electron chi connectivity index (χ3n) is 7.29. The van der Waals surface area contributed by atoms with Crippen molar-refractivity contribution in [3.63, 3.8) is 0 Å². The fraction of sp³-hybridized carbons (Fsp3) is 0.968. The van der Waals surface area contributed by atoms with E-state index in [1.54, 1.807) is 0 Å². The Hall–Kier alpha value is 0. The first kappa shape index (κ1) is 31.0. The molecule has 0 bridgehead atoms. The van der Waals surface area contributed by atoms with Crippen LogP contribution in [-0.2, 0) is 0 Å². The summed E-state index contributed by atoms with van der Waals surface area (Å²) in [4.78, 5) is 0. The predicted molar refractivity (Wildman–Crippen MR) is 145 cm³/mol. The van der Waals surface area contributed by atoms with Gasteiger partial charge in [0.25, 0.3) is 0 Å². The maximum atomic E-state index is 4.14. The summed E-state index contributed by atoms with van der Waals surface area (Å²) in [6.45, 7) is 8.75. The molecule has 0 aliphatic carbocycles. The first-order valence-electron chi connectivity index (χ1n) is 15.1. The van der Waals surface area contributed by atoms with E-state index in [0.29, 0.717) is 0 Å². The van der Waals surface area contributed by atoms with Crippen LogP contribution < -0.4 is 0 Å². The molecule has 1 atom stereocenters. The van der Waals surface area contributed by atoms with Crippen LogP contribution in [-0.4, -0.2) is 0 Å². The number of rotatable bonds is 27. The fourth-order valence-corrected chi connectivity index (χ4v) is 5.09. The predicted octanol–water partition coefficient (Wildman–Crippen LogP) is 12.0. The number of hydrogen-bond acceptors (Lipinski definition) is 0. The zero-order chi connectivity index (χ0) is 22.7. The molecule has 0 fully saturated rings. The second-order valence-corrected chi connectivity index (χ2v) is 10.5. The maximum absolute atomic E-state index is 4.14. The van der Waals surface area contributed by atoms with E-state index in [9.17, 15) is 0 Å². The van der Waals surface area contributed by atoms with Crippen LogP contribution in [0.3, 0.4) is 0 Å². The van der Waals surface area contributed by atoms with E-state index in [1.165, 1.54) is 167 Å². The SMILES string of the molecule is [CH2]CCC(CCCCCCCCCCC)CCCCCCCCCCCCCCCC. The minimum atomic E-state index is 0.972. The molecule has 0 aromatic heterocycles. The third kappa shape index (κ3) is 26.1. The van der Waals surface area contributed by atoms with E-state index in [0.717, 1.165) is 12.3 Å². The van der Waals surface area contributed by atoms with Gasteiger partial charge in [0.05, 0.1) is 0 Å². The van der Waals surface area contributed by atoms with Gasteiger partial charge in [0.1, 0.15) is 0 Å². The smallest absolute Gasteiger partial charge is 0.0414 e. The van der Waals surface area contributed by atoms with Crippen LogP contribution in [0.1, 0.15) is 187 Å². The lowest BCUT2D eigenvalue weighted by Gasteiger charge is -2.16. The first-order valence-corrected chi connectivity index (χ1v) is 15.1. The van der Waals surface area contributed by atoms with Crippen molar-refractivity contribution in [3.05, 3.63) is 6.92 Å². The highest BCUT2D eigenvalue weighted by molar-refractivity contribution is 4.62. The van der Waals surface area contributed by atoms with Crippen LogP contribution in [0.2, 0.25) is 0 Å². The summed E-state index contributed by atoms with van der Waals surface area (Å²) >= 11 is 0. The zero-order valence-corrected chi connectivity index (χ0v) is 22.4. The van der Waals surface area contributed by atoms with Crippen LogP contribution in [0.4, 0.5) is 0 Å². The molecule has 0 heteroatoms. The minimum Gasteiger partial charge on any atom is -0.0654 e. The molecule has 0 N–H and O–H groups in total. The standard InChI is InChI=1S/C31H63/c1-4-7-9-11-13-15-16-17-18-19-21-23-25-27-30-31(28-6-3)29-26-24-22-20-14-12-10-8-5-2/h31H,3-30H2,1-2H3. The summed E-state index contributed by atoms with van der Waals surface area (Å²) in [6, 6.07) is 0. The Morgan fingerprint density at radius 1 is 0.355 bits per heavy atom. The Morgan fingerprint density at radius 3 is 0.871 bits per heavy atom. The molecule has 0 aliphatic heterocycles. The molecule has 31 heavy (non-hydrogen) atoms. The first-order chi connectivity index (χ1) is 15.3. The van der Waals surface area contributed by atoms with E-state index in [-0.39, 0.29) is 0 Å². The molecule has 0 nitrogen and oxygen atoms in total. The Balaban J connectivity index is 3.37. The molecule has 0 heterocycles. The topological polar surface area (TPSA) is 0 Å². The van der Waals surface area contributed by atoms with E-state index in [4.69, 9.17) is 0 Å². The highest BCUT2D eigenvalue weighted by Gasteiger charge is 2.07. The molecular formula is C31H63. The van der Waals surface area contributed by atoms with Crippen LogP contribution in [0, 0.1) is 12.8 Å². The third-order valence-corrected chi connectivity index (χ3v) is 7.29. The van der Waals surface area contributed by atoms with E-state index < -0.39 is 0 Å². The van der Waals surface area contributed by atoms with E-state index >= 15 is 0 Å². The largest absolute Gasteiger partial charge is 0.0654 e. The van der Waals surface area contributed by atoms with E-state index in [2.05, 4.69) is 20.8 Å². The van der Waals surface area contributed by atoms with Crippen molar-refractivity contribution >= 4 is 0 Å². The van der Waals surface area contributed by atoms with Crippen molar-refractivity contribution in [2.75, 3.05) is 0 Å². The van der Waals surface area contributed by atoms with Gasteiger partial charge in [0.15, 0.2) is 0 Å². The van der Waals surface area contributed by atoms with Crippen molar-refractivity contribution in [2.24, 2.45) is 5.92 Å². The van der Waals surface area contributed by atoms with Gasteiger partial charge >= 0.3 is 0 Å². The summed E-state index contributed by atoms with van der Waals surface area (Å²) in [5.41, 5.74) is 0. The van der Waals surface area contributed by atoms with Gasteiger partial charge in [-0.15, -0.1) is 0 Å². The van der Waals surface area contributed by atoms with Gasteiger partial charge in [-0.3, -0.25) is 0 Å². The molecule has 0 aromatic carbocycles. The van der Waals surface area contributed by atoms with Gasteiger partial charge in [0.2, 0.25) is 0 Å². The van der Waals surface area contributed by atoms with Gasteiger partial charge in [0, 0.05) is 0 Å². The van der Waals surface area contributed by atoms with Gasteiger partial charge in [-0.05, 0) is 5.92 Å². The molecule has 0 rings (SSSR count). The monoisotopic (exact) mass is 435 g/mol. The van der Waals surface area contributed by atoms with Crippen LogP contribution >= 0.6 is 0 Å². The highest BCUT2D eigenvalue weighted by Crippen LogP contribution is 2.23. The summed E-state index contributed by atoms with van der Waals surface area (Å²) < 4.78 is 0. The lowest BCUT2D eigenvalue weighted by atomic mass is 9.90. The highest BCUT2D eigenvalue weighted by atomic mass is 14.1. The van der Waals surface area contributed by atoms with Crippen LogP contribution in [0.5, 0.6) is 0 Å². The normalized spacial score (nSPS) is 12.5. The van der Waals surface area contributed by atoms with Crippen molar-refractivity contribution < 1.29 is 0 Å². The van der Waals surface area contributed by atoms with Crippen molar-refractivity contribution in [2.45, 2.75) is 187 Å². The number of unbranched alkanes of at least 4 members (excludes halogenated alkanes) is 21. The van der Waals surface area contributed by atoms with Gasteiger partial charge in [-0.2, -0.15) is 0 Å². The molecule has 0 spiro atoms. The fourth-order valence-electron chi connectivity index (χ4n) is 5.09. The Labute approximate surface area is 200 Å². The van der Waals surface area contributed by atoms with Crippen LogP contribution in [0.25, 0.3) is 0 Å². The molecule has 0 saturated heterocycles. The zero-order valence-electron chi connectivity index (χ0n) is 22.4. The van der Waals surface area contributed by atoms with E-state index in [1.807, 2.05) is 0 Å². The molecule has 187 valence electrons. The van der Waals surface area contributed by atoms with Gasteiger partial charge in [-0.25, -0.2) is 0 Å². The quantitative estimate of drug-likeness (QED) is 0.112. The lowest BCUT2D eigenvalue weighted by Crippen LogP contribution is -2.00. The lowest BCUT2D eigenvalue weighted by molar-refractivity contribution is 0.381. The molecule has 1 unspecified atom stereocenters. The Morgan fingerprint density at radius 2 is 0.613 bits per heavy atom. The average Bonchev–Trinajstić information content (AvgIpc) is 2.78. The molecule has 0 amide bonds. The Bertz CT molecular complexity index is 294. The molecule has 0 aliphatic rings. The summed E-state index contributed by atoms with van der Waals surface area (Å²) in [5.74, 6) is 0.972. The van der Waals surface area contributed by atoms with Gasteiger partial charge < -0.3 is 0 Å². The van der Waals surface area contributed by atoms with Crippen molar-refractivity contribution in [3.8, 4) is 0 Å². The molecule has 0 saturated carbocycles. The van der Waals surface area contributed by atoms with Crippen molar-refractivity contribution in [1.29, 1.82) is 0 Å². The summed E-state index contributed by atoms with van der Waals surface area (Å²) in [6.07, 6.45) is 39.1. The number of hydrogen-bond donors (Lipinski definition) is 0. The average molecular weight is 436 g/mol. The summed E-state index contributed by atoms with van der Waals surface area (Å²) in [7, 11) is 0. The van der Waals surface area contributed by atoms with Crippen LogP contribution in [0.15, 0.2) is 0 Å². The molecule has 0 aromatic rings. The maximum Gasteiger partial charge on any atom is -0.0414 e. The Kier molecular flexibility index (Phi) is 28.0.